The average Bonchev–Trinajstić information content (AvgIpc) is 2.63. The van der Waals surface area contributed by atoms with E-state index in [1.807, 2.05) is 4.90 Å². The summed E-state index contributed by atoms with van der Waals surface area (Å²) in [7, 11) is 0. The van der Waals surface area contributed by atoms with Crippen LogP contribution in [0.2, 0.25) is 0 Å². The number of nitrogens with two attached hydrogens (primary N) is 1. The summed E-state index contributed by atoms with van der Waals surface area (Å²) in [6, 6.07) is 6.63. The summed E-state index contributed by atoms with van der Waals surface area (Å²) in [5, 5.41) is 0. The summed E-state index contributed by atoms with van der Waals surface area (Å²) in [5.41, 5.74) is 6.50. The number of morpholine rings is 1. The second-order valence-corrected chi connectivity index (χ2v) is 7.16. The minimum absolute atomic E-state index is 0. The number of amides is 1. The summed E-state index contributed by atoms with van der Waals surface area (Å²) in [6.07, 6.45) is 5.75. The van der Waals surface area contributed by atoms with E-state index in [9.17, 15) is 9.18 Å². The van der Waals surface area contributed by atoms with Crippen LogP contribution in [0.5, 0.6) is 0 Å². The molecule has 25 heavy (non-hydrogen) atoms. The number of hydrogen-bond donors (Lipinski definition) is 1. The van der Waals surface area contributed by atoms with Gasteiger partial charge in [0.15, 0.2) is 0 Å². The van der Waals surface area contributed by atoms with Crippen LogP contribution in [-0.4, -0.2) is 37.0 Å². The van der Waals surface area contributed by atoms with E-state index < -0.39 is 0 Å². The molecule has 0 aromatic heterocycles. The Hall–Kier alpha value is -1.17. The van der Waals surface area contributed by atoms with Crippen LogP contribution in [0.15, 0.2) is 24.3 Å². The second-order valence-electron chi connectivity index (χ2n) is 7.16. The predicted molar refractivity (Wildman–Crippen MR) is 98.1 cm³/mol. The Morgan fingerprint density at radius 2 is 2.00 bits per heavy atom. The molecule has 2 N–H and O–H groups in total. The van der Waals surface area contributed by atoms with E-state index in [4.69, 9.17) is 10.5 Å². The lowest BCUT2D eigenvalue weighted by atomic mass is 9.71. The standard InChI is InChI=1S/C19H27FN2O2.ClH/c20-16-7-3-2-6-15(16)17-13-22(10-11-24-17)18(23)12-19(14-21)8-4-1-5-9-19;/h2-3,6-7,17H,1,4-5,8-14,21H2;1H. The minimum atomic E-state index is -0.385. The quantitative estimate of drug-likeness (QED) is 0.883. The summed E-state index contributed by atoms with van der Waals surface area (Å²) >= 11 is 0. The van der Waals surface area contributed by atoms with Crippen molar-refractivity contribution >= 4 is 18.3 Å². The topological polar surface area (TPSA) is 55.6 Å². The molecule has 1 saturated carbocycles. The monoisotopic (exact) mass is 370 g/mol. The van der Waals surface area contributed by atoms with Crippen molar-refractivity contribution in [3.63, 3.8) is 0 Å². The zero-order chi connectivity index (χ0) is 17.0. The summed E-state index contributed by atoms with van der Waals surface area (Å²) in [4.78, 5) is 14.6. The van der Waals surface area contributed by atoms with Crippen LogP contribution in [-0.2, 0) is 9.53 Å². The van der Waals surface area contributed by atoms with Gasteiger partial charge in [0.25, 0.3) is 0 Å². The molecule has 140 valence electrons. The van der Waals surface area contributed by atoms with Gasteiger partial charge in [0.1, 0.15) is 11.9 Å². The number of benzene rings is 1. The molecular formula is C19H28ClFN2O2. The van der Waals surface area contributed by atoms with Gasteiger partial charge in [0.05, 0.1) is 13.2 Å². The SMILES string of the molecule is Cl.NCC1(CC(=O)N2CCOC(c3ccccc3F)C2)CCCCC1. The van der Waals surface area contributed by atoms with Crippen molar-refractivity contribution in [2.45, 2.75) is 44.6 Å². The molecule has 1 aliphatic heterocycles. The molecular weight excluding hydrogens is 343 g/mol. The number of carbonyl (C=O) groups is 1. The Bertz CT molecular complexity index is 578. The van der Waals surface area contributed by atoms with E-state index in [1.54, 1.807) is 18.2 Å². The summed E-state index contributed by atoms with van der Waals surface area (Å²) in [5.74, 6) is -0.144. The van der Waals surface area contributed by atoms with E-state index in [2.05, 4.69) is 0 Å². The van der Waals surface area contributed by atoms with Gasteiger partial charge in [-0.05, 0) is 30.9 Å². The Balaban J connectivity index is 0.00000225. The van der Waals surface area contributed by atoms with Gasteiger partial charge in [0, 0.05) is 18.5 Å². The molecule has 3 rings (SSSR count). The van der Waals surface area contributed by atoms with Crippen molar-refractivity contribution in [2.24, 2.45) is 11.1 Å². The Kier molecular flexibility index (Phi) is 7.23. The molecule has 6 heteroatoms. The van der Waals surface area contributed by atoms with E-state index >= 15 is 0 Å². The molecule has 1 aliphatic carbocycles. The van der Waals surface area contributed by atoms with Crippen molar-refractivity contribution < 1.29 is 13.9 Å². The van der Waals surface area contributed by atoms with Gasteiger partial charge in [-0.3, -0.25) is 4.79 Å². The van der Waals surface area contributed by atoms with Gasteiger partial charge >= 0.3 is 0 Å². The lowest BCUT2D eigenvalue weighted by Crippen LogP contribution is -2.46. The van der Waals surface area contributed by atoms with Crippen LogP contribution >= 0.6 is 12.4 Å². The molecule has 2 aliphatic rings. The Morgan fingerprint density at radius 3 is 2.68 bits per heavy atom. The van der Waals surface area contributed by atoms with Crippen LogP contribution in [0.25, 0.3) is 0 Å². The Labute approximate surface area is 155 Å². The molecule has 1 heterocycles. The molecule has 1 atom stereocenters. The predicted octanol–water partition coefficient (Wildman–Crippen LogP) is 3.45. The number of ether oxygens (including phenoxy) is 1. The van der Waals surface area contributed by atoms with Gasteiger partial charge in [-0.25, -0.2) is 4.39 Å². The molecule has 0 spiro atoms. The number of hydrogen-bond acceptors (Lipinski definition) is 3. The molecule has 0 bridgehead atoms. The van der Waals surface area contributed by atoms with E-state index in [0.29, 0.717) is 38.2 Å². The molecule has 2 fully saturated rings. The number of carbonyl (C=O) groups excluding carboxylic acids is 1. The fraction of sp³-hybridized carbons (Fsp3) is 0.632. The van der Waals surface area contributed by atoms with Crippen LogP contribution in [0.1, 0.15) is 50.2 Å². The maximum absolute atomic E-state index is 14.0. The first-order chi connectivity index (χ1) is 11.6. The van der Waals surface area contributed by atoms with Crippen molar-refractivity contribution in [3.8, 4) is 0 Å². The highest BCUT2D eigenvalue weighted by Crippen LogP contribution is 2.39. The highest BCUT2D eigenvalue weighted by molar-refractivity contribution is 5.85. The van der Waals surface area contributed by atoms with Gasteiger partial charge in [-0.2, -0.15) is 0 Å². The smallest absolute Gasteiger partial charge is 0.223 e. The van der Waals surface area contributed by atoms with Crippen LogP contribution in [0, 0.1) is 11.2 Å². The molecule has 1 amide bonds. The maximum Gasteiger partial charge on any atom is 0.223 e. The van der Waals surface area contributed by atoms with E-state index in [-0.39, 0.29) is 35.7 Å². The van der Waals surface area contributed by atoms with Gasteiger partial charge in [-0.15, -0.1) is 12.4 Å². The van der Waals surface area contributed by atoms with Crippen molar-refractivity contribution in [2.75, 3.05) is 26.2 Å². The highest BCUT2D eigenvalue weighted by Gasteiger charge is 2.36. The fourth-order valence-corrected chi connectivity index (χ4v) is 3.99. The lowest BCUT2D eigenvalue weighted by Gasteiger charge is -2.39. The third-order valence-corrected chi connectivity index (χ3v) is 5.54. The van der Waals surface area contributed by atoms with Crippen molar-refractivity contribution in [1.29, 1.82) is 0 Å². The number of rotatable bonds is 4. The average molecular weight is 371 g/mol. The van der Waals surface area contributed by atoms with Gasteiger partial charge in [-0.1, -0.05) is 37.5 Å². The van der Waals surface area contributed by atoms with Crippen LogP contribution in [0.3, 0.4) is 0 Å². The van der Waals surface area contributed by atoms with E-state index in [1.165, 1.54) is 12.5 Å². The van der Waals surface area contributed by atoms with Gasteiger partial charge < -0.3 is 15.4 Å². The summed E-state index contributed by atoms with van der Waals surface area (Å²) < 4.78 is 19.7. The first-order valence-corrected chi connectivity index (χ1v) is 8.97. The third-order valence-electron chi connectivity index (χ3n) is 5.54. The van der Waals surface area contributed by atoms with Crippen molar-refractivity contribution in [1.82, 2.24) is 4.90 Å². The largest absolute Gasteiger partial charge is 0.370 e. The zero-order valence-electron chi connectivity index (χ0n) is 14.6. The molecule has 1 aromatic carbocycles. The molecule has 4 nitrogen and oxygen atoms in total. The fourth-order valence-electron chi connectivity index (χ4n) is 3.99. The second kappa shape index (κ2) is 8.97. The molecule has 1 unspecified atom stereocenters. The minimum Gasteiger partial charge on any atom is -0.370 e. The molecule has 1 aromatic rings. The third kappa shape index (κ3) is 4.72. The Morgan fingerprint density at radius 1 is 1.28 bits per heavy atom. The lowest BCUT2D eigenvalue weighted by molar-refractivity contribution is -0.142. The van der Waals surface area contributed by atoms with Gasteiger partial charge in [0.2, 0.25) is 5.91 Å². The number of nitrogens with zero attached hydrogens (tertiary/aromatic N) is 1. The first-order valence-electron chi connectivity index (χ1n) is 8.97. The molecule has 0 radical (unpaired) electrons. The van der Waals surface area contributed by atoms with Crippen LogP contribution < -0.4 is 5.73 Å². The van der Waals surface area contributed by atoms with Crippen molar-refractivity contribution in [3.05, 3.63) is 35.6 Å². The highest BCUT2D eigenvalue weighted by atomic mass is 35.5. The first kappa shape index (κ1) is 20.1. The normalized spacial score (nSPS) is 23.0. The summed E-state index contributed by atoms with van der Waals surface area (Å²) in [6.45, 7) is 2.01. The molecule has 1 saturated heterocycles. The van der Waals surface area contributed by atoms with Crippen LogP contribution in [0.4, 0.5) is 4.39 Å². The number of halogens is 2. The van der Waals surface area contributed by atoms with E-state index in [0.717, 1.165) is 25.7 Å². The maximum atomic E-state index is 14.0. The zero-order valence-corrected chi connectivity index (χ0v) is 15.4.